The van der Waals surface area contributed by atoms with Crippen molar-refractivity contribution in [2.24, 2.45) is 5.92 Å². The number of nitrogens with one attached hydrogen (secondary N) is 1. The molecule has 0 spiro atoms. The first-order valence-corrected chi connectivity index (χ1v) is 6.80. The van der Waals surface area contributed by atoms with Gasteiger partial charge < -0.3 is 10.4 Å². The summed E-state index contributed by atoms with van der Waals surface area (Å²) < 4.78 is 0. The molecule has 3 rings (SSSR count). The zero-order valence-corrected chi connectivity index (χ0v) is 10.7. The summed E-state index contributed by atoms with van der Waals surface area (Å²) in [5.41, 5.74) is 3.15. The van der Waals surface area contributed by atoms with Crippen molar-refractivity contribution in [2.75, 3.05) is 5.32 Å². The van der Waals surface area contributed by atoms with E-state index in [0.717, 1.165) is 30.5 Å². The number of anilines is 1. The third-order valence-corrected chi connectivity index (χ3v) is 4.25. The van der Waals surface area contributed by atoms with E-state index < -0.39 is 5.97 Å². The van der Waals surface area contributed by atoms with Crippen molar-refractivity contribution in [1.29, 1.82) is 0 Å². The molecule has 100 valence electrons. The van der Waals surface area contributed by atoms with Gasteiger partial charge in [-0.1, -0.05) is 18.6 Å². The van der Waals surface area contributed by atoms with Crippen molar-refractivity contribution in [3.8, 4) is 0 Å². The highest BCUT2D eigenvalue weighted by atomic mass is 16.4. The maximum atomic E-state index is 11.9. The quantitative estimate of drug-likeness (QED) is 0.876. The van der Waals surface area contributed by atoms with Crippen LogP contribution in [0.3, 0.4) is 0 Å². The highest BCUT2D eigenvalue weighted by Crippen LogP contribution is 2.46. The average molecular weight is 259 g/mol. The van der Waals surface area contributed by atoms with Crippen molar-refractivity contribution in [3.05, 3.63) is 29.3 Å². The molecule has 0 bridgehead atoms. The lowest BCUT2D eigenvalue weighted by atomic mass is 9.83. The average Bonchev–Trinajstić information content (AvgIpc) is 2.87. The molecule has 1 aliphatic carbocycles. The van der Waals surface area contributed by atoms with Gasteiger partial charge in [-0.15, -0.1) is 0 Å². The van der Waals surface area contributed by atoms with Crippen molar-refractivity contribution < 1.29 is 14.7 Å². The molecule has 2 aliphatic rings. The number of fused-ring (bicyclic) bond motifs is 3. The Morgan fingerprint density at radius 2 is 2.11 bits per heavy atom. The van der Waals surface area contributed by atoms with Crippen LogP contribution in [0.25, 0.3) is 0 Å². The Bertz CT molecular complexity index is 538. The number of rotatable bonds is 3. The smallest absolute Gasteiger partial charge is 0.303 e. The Balaban J connectivity index is 1.89. The second-order valence-electron chi connectivity index (χ2n) is 5.45. The van der Waals surface area contributed by atoms with E-state index in [1.54, 1.807) is 0 Å². The fourth-order valence-electron chi connectivity index (χ4n) is 3.31. The van der Waals surface area contributed by atoms with Gasteiger partial charge in [0.25, 0.3) is 0 Å². The van der Waals surface area contributed by atoms with Gasteiger partial charge in [-0.05, 0) is 42.4 Å². The predicted molar refractivity (Wildman–Crippen MR) is 71.1 cm³/mol. The number of carbonyl (C=O) groups excluding carboxylic acids is 1. The van der Waals surface area contributed by atoms with Crippen LogP contribution in [0.15, 0.2) is 18.2 Å². The lowest BCUT2D eigenvalue weighted by Crippen LogP contribution is -2.30. The van der Waals surface area contributed by atoms with Crippen LogP contribution in [0.5, 0.6) is 0 Å². The predicted octanol–water partition coefficient (Wildman–Crippen LogP) is 2.54. The summed E-state index contributed by atoms with van der Waals surface area (Å²) >= 11 is 0. The largest absolute Gasteiger partial charge is 0.481 e. The molecular weight excluding hydrogens is 242 g/mol. The van der Waals surface area contributed by atoms with Gasteiger partial charge >= 0.3 is 5.97 Å². The highest BCUT2D eigenvalue weighted by molar-refractivity contribution is 5.97. The number of hydrogen-bond donors (Lipinski definition) is 2. The van der Waals surface area contributed by atoms with Gasteiger partial charge in [0, 0.05) is 18.0 Å². The third-order valence-electron chi connectivity index (χ3n) is 4.25. The van der Waals surface area contributed by atoms with Crippen LogP contribution in [0.1, 0.15) is 42.7 Å². The van der Waals surface area contributed by atoms with E-state index in [9.17, 15) is 9.59 Å². The van der Waals surface area contributed by atoms with Gasteiger partial charge in [0.2, 0.25) is 5.91 Å². The number of hydrogen-bond acceptors (Lipinski definition) is 2. The number of amides is 1. The van der Waals surface area contributed by atoms with Crippen LogP contribution < -0.4 is 5.32 Å². The molecule has 2 atom stereocenters. The minimum atomic E-state index is -0.773. The number of carboxylic acids is 1. The van der Waals surface area contributed by atoms with Gasteiger partial charge in [-0.3, -0.25) is 9.59 Å². The minimum absolute atomic E-state index is 0.113. The summed E-state index contributed by atoms with van der Waals surface area (Å²) in [7, 11) is 0. The second kappa shape index (κ2) is 4.68. The zero-order chi connectivity index (χ0) is 13.4. The molecule has 2 N–H and O–H groups in total. The molecule has 1 aromatic carbocycles. The van der Waals surface area contributed by atoms with Gasteiger partial charge in [0.05, 0.1) is 0 Å². The lowest BCUT2D eigenvalue weighted by Gasteiger charge is -2.28. The normalized spacial score (nSPS) is 24.5. The number of benzene rings is 1. The molecule has 1 fully saturated rings. The molecular formula is C15H17NO3. The molecule has 1 heterocycles. The van der Waals surface area contributed by atoms with Gasteiger partial charge in [0.1, 0.15) is 0 Å². The Labute approximate surface area is 111 Å². The summed E-state index contributed by atoms with van der Waals surface area (Å²) in [6.45, 7) is 0. The highest BCUT2D eigenvalue weighted by Gasteiger charge is 2.38. The summed E-state index contributed by atoms with van der Waals surface area (Å²) in [6.07, 6.45) is 3.83. The SMILES string of the molecule is O=C(O)CCc1ccc2c(c1)C1CCCC1C(=O)N2. The van der Waals surface area contributed by atoms with Crippen LogP contribution in [0, 0.1) is 5.92 Å². The molecule has 1 aliphatic heterocycles. The monoisotopic (exact) mass is 259 g/mol. The summed E-state index contributed by atoms with van der Waals surface area (Å²) in [5.74, 6) is -0.186. The van der Waals surface area contributed by atoms with Crippen LogP contribution in [0.2, 0.25) is 0 Å². The topological polar surface area (TPSA) is 66.4 Å². The molecule has 0 saturated heterocycles. The fourth-order valence-corrected chi connectivity index (χ4v) is 3.31. The van der Waals surface area contributed by atoms with E-state index in [1.807, 2.05) is 12.1 Å². The fraction of sp³-hybridized carbons (Fsp3) is 0.467. The first-order valence-electron chi connectivity index (χ1n) is 6.80. The zero-order valence-electron chi connectivity index (χ0n) is 10.7. The van der Waals surface area contributed by atoms with Crippen molar-refractivity contribution in [2.45, 2.75) is 38.0 Å². The van der Waals surface area contributed by atoms with E-state index in [1.165, 1.54) is 5.56 Å². The Morgan fingerprint density at radius 1 is 1.32 bits per heavy atom. The maximum Gasteiger partial charge on any atom is 0.303 e. The number of aryl methyl sites for hydroxylation is 1. The first-order chi connectivity index (χ1) is 9.15. The van der Waals surface area contributed by atoms with E-state index in [2.05, 4.69) is 11.4 Å². The Morgan fingerprint density at radius 3 is 2.89 bits per heavy atom. The van der Waals surface area contributed by atoms with Crippen LogP contribution in [-0.4, -0.2) is 17.0 Å². The minimum Gasteiger partial charge on any atom is -0.481 e. The molecule has 1 amide bonds. The van der Waals surface area contributed by atoms with E-state index in [4.69, 9.17) is 5.11 Å². The molecule has 2 unspecified atom stereocenters. The van der Waals surface area contributed by atoms with E-state index in [-0.39, 0.29) is 18.2 Å². The second-order valence-corrected chi connectivity index (χ2v) is 5.45. The van der Waals surface area contributed by atoms with Gasteiger partial charge in [-0.25, -0.2) is 0 Å². The number of carbonyl (C=O) groups is 2. The van der Waals surface area contributed by atoms with Crippen LogP contribution in [0.4, 0.5) is 5.69 Å². The van der Waals surface area contributed by atoms with Crippen molar-refractivity contribution >= 4 is 17.6 Å². The molecule has 0 aromatic heterocycles. The van der Waals surface area contributed by atoms with Gasteiger partial charge in [-0.2, -0.15) is 0 Å². The van der Waals surface area contributed by atoms with Crippen LogP contribution >= 0.6 is 0 Å². The molecule has 1 aromatic rings. The van der Waals surface area contributed by atoms with Crippen LogP contribution in [-0.2, 0) is 16.0 Å². The molecule has 1 saturated carbocycles. The standard InChI is InChI=1S/C15H17NO3/c17-14(18)7-5-9-4-6-13-12(8-9)10-2-1-3-11(10)15(19)16-13/h4,6,8,10-11H,1-3,5,7H2,(H,16,19)(H,17,18). The maximum absolute atomic E-state index is 11.9. The number of carboxylic acid groups (broad SMARTS) is 1. The lowest BCUT2D eigenvalue weighted by molar-refractivity contribution is -0.137. The molecule has 4 heteroatoms. The number of aliphatic carboxylic acids is 1. The Kier molecular flexibility index (Phi) is 3.01. The van der Waals surface area contributed by atoms with E-state index >= 15 is 0 Å². The van der Waals surface area contributed by atoms with Crippen molar-refractivity contribution in [1.82, 2.24) is 0 Å². The van der Waals surface area contributed by atoms with E-state index in [0.29, 0.717) is 12.3 Å². The van der Waals surface area contributed by atoms with Crippen molar-refractivity contribution in [3.63, 3.8) is 0 Å². The summed E-state index contributed by atoms with van der Waals surface area (Å²) in [6, 6.07) is 5.91. The Hall–Kier alpha value is -1.84. The summed E-state index contributed by atoms with van der Waals surface area (Å²) in [4.78, 5) is 22.6. The third kappa shape index (κ3) is 2.23. The van der Waals surface area contributed by atoms with Gasteiger partial charge in [0.15, 0.2) is 0 Å². The molecule has 19 heavy (non-hydrogen) atoms. The molecule has 4 nitrogen and oxygen atoms in total. The molecule has 0 radical (unpaired) electrons. The first kappa shape index (κ1) is 12.2. The summed E-state index contributed by atoms with van der Waals surface area (Å²) in [5, 5.41) is 11.7.